The zero-order valence-corrected chi connectivity index (χ0v) is 16.6. The number of carbonyl (C=O) groups is 1. The Morgan fingerprint density at radius 3 is 2.81 bits per heavy atom. The maximum atomic E-state index is 12.9. The van der Waals surface area contributed by atoms with Crippen molar-refractivity contribution in [2.45, 2.75) is 13.2 Å². The standard InChI is InChI=1S/C22H16FN7O2/c23-10-13-1-2-16-18(7-13)29-21(28-16)20-8-15(30-32-20)11-25-22(31)19-9-17(26-12-27-19)14-3-5-24-6-4-14/h1-9,12H,10-11H2,(H,25,31)(H,28,29). The average Bonchev–Trinajstić information content (AvgIpc) is 3.49. The molecule has 0 spiro atoms. The molecule has 158 valence electrons. The zero-order valence-electron chi connectivity index (χ0n) is 16.6. The first-order valence-electron chi connectivity index (χ1n) is 9.71. The summed E-state index contributed by atoms with van der Waals surface area (Å²) >= 11 is 0. The normalized spacial score (nSPS) is 11.0. The van der Waals surface area contributed by atoms with Gasteiger partial charge in [0.25, 0.3) is 5.91 Å². The van der Waals surface area contributed by atoms with Gasteiger partial charge >= 0.3 is 0 Å². The second-order valence-electron chi connectivity index (χ2n) is 6.96. The van der Waals surface area contributed by atoms with Crippen molar-refractivity contribution in [3.8, 4) is 22.8 Å². The summed E-state index contributed by atoms with van der Waals surface area (Å²) in [6, 6.07) is 12.0. The minimum atomic E-state index is -0.549. The topological polar surface area (TPSA) is 122 Å². The molecule has 0 unspecified atom stereocenters. The molecule has 0 aliphatic heterocycles. The van der Waals surface area contributed by atoms with Gasteiger partial charge in [-0.1, -0.05) is 11.2 Å². The SMILES string of the molecule is O=C(NCc1cc(-c2nc3ccc(CF)cc3[nH]2)on1)c1cc(-c2ccncc2)ncn1. The smallest absolute Gasteiger partial charge is 0.270 e. The van der Waals surface area contributed by atoms with E-state index in [1.54, 1.807) is 54.9 Å². The fourth-order valence-corrected chi connectivity index (χ4v) is 3.19. The van der Waals surface area contributed by atoms with E-state index in [1.165, 1.54) is 6.33 Å². The van der Waals surface area contributed by atoms with Gasteiger partial charge in [-0.05, 0) is 35.9 Å². The van der Waals surface area contributed by atoms with Gasteiger partial charge in [-0.3, -0.25) is 9.78 Å². The van der Waals surface area contributed by atoms with Crippen LogP contribution in [-0.2, 0) is 13.2 Å². The summed E-state index contributed by atoms with van der Waals surface area (Å²) in [6.07, 6.45) is 4.65. The summed E-state index contributed by atoms with van der Waals surface area (Å²) in [5.74, 6) is 0.517. The van der Waals surface area contributed by atoms with Crippen LogP contribution >= 0.6 is 0 Å². The van der Waals surface area contributed by atoms with E-state index in [-0.39, 0.29) is 18.1 Å². The molecule has 0 saturated carbocycles. The number of rotatable bonds is 6. The number of H-pyrrole nitrogens is 1. The van der Waals surface area contributed by atoms with E-state index < -0.39 is 6.67 Å². The zero-order chi connectivity index (χ0) is 21.9. The fourth-order valence-electron chi connectivity index (χ4n) is 3.19. The van der Waals surface area contributed by atoms with Crippen molar-refractivity contribution in [1.82, 2.24) is 35.4 Å². The molecule has 0 aliphatic rings. The minimum Gasteiger partial charge on any atom is -0.353 e. The Kier molecular flexibility index (Phi) is 5.08. The highest BCUT2D eigenvalue weighted by Gasteiger charge is 2.14. The van der Waals surface area contributed by atoms with E-state index in [4.69, 9.17) is 4.52 Å². The van der Waals surface area contributed by atoms with E-state index >= 15 is 0 Å². The third kappa shape index (κ3) is 3.93. The first kappa shape index (κ1) is 19.5. The van der Waals surface area contributed by atoms with Gasteiger partial charge in [-0.25, -0.2) is 19.3 Å². The van der Waals surface area contributed by atoms with Gasteiger partial charge < -0.3 is 14.8 Å². The number of hydrogen-bond donors (Lipinski definition) is 2. The molecule has 9 nitrogen and oxygen atoms in total. The number of benzene rings is 1. The molecule has 0 atom stereocenters. The highest BCUT2D eigenvalue weighted by atomic mass is 19.1. The average molecular weight is 429 g/mol. The molecule has 5 rings (SSSR count). The fraction of sp³-hybridized carbons (Fsp3) is 0.0909. The molecule has 2 N–H and O–H groups in total. The summed E-state index contributed by atoms with van der Waals surface area (Å²) < 4.78 is 18.2. The molecule has 32 heavy (non-hydrogen) atoms. The van der Waals surface area contributed by atoms with Gasteiger partial charge in [-0.2, -0.15) is 0 Å². The van der Waals surface area contributed by atoms with Crippen molar-refractivity contribution in [2.24, 2.45) is 0 Å². The van der Waals surface area contributed by atoms with Crippen LogP contribution < -0.4 is 5.32 Å². The molecule has 1 aromatic carbocycles. The number of carbonyl (C=O) groups excluding carboxylic acids is 1. The van der Waals surface area contributed by atoms with Crippen LogP contribution in [0.2, 0.25) is 0 Å². The van der Waals surface area contributed by atoms with Crippen LogP contribution in [0.1, 0.15) is 21.7 Å². The van der Waals surface area contributed by atoms with E-state index in [0.29, 0.717) is 39.6 Å². The maximum absolute atomic E-state index is 12.9. The van der Waals surface area contributed by atoms with E-state index in [0.717, 1.165) is 5.56 Å². The Balaban J connectivity index is 1.28. The number of fused-ring (bicyclic) bond motifs is 1. The molecule has 4 aromatic heterocycles. The molecule has 0 saturated heterocycles. The first-order chi connectivity index (χ1) is 15.7. The predicted molar refractivity (Wildman–Crippen MR) is 113 cm³/mol. The molecule has 4 heterocycles. The van der Waals surface area contributed by atoms with Crippen LogP contribution in [0.15, 0.2) is 65.7 Å². The first-order valence-corrected chi connectivity index (χ1v) is 9.71. The lowest BCUT2D eigenvalue weighted by atomic mass is 10.1. The van der Waals surface area contributed by atoms with Crippen LogP contribution in [0.4, 0.5) is 4.39 Å². The molecule has 1 amide bonds. The lowest BCUT2D eigenvalue weighted by Crippen LogP contribution is -2.24. The van der Waals surface area contributed by atoms with Crippen LogP contribution in [0.25, 0.3) is 33.9 Å². The van der Waals surface area contributed by atoms with Gasteiger partial charge in [0.2, 0.25) is 5.76 Å². The molecule has 0 aliphatic carbocycles. The van der Waals surface area contributed by atoms with Crippen LogP contribution in [0.5, 0.6) is 0 Å². The number of hydrogen-bond acceptors (Lipinski definition) is 7. The number of nitrogens with one attached hydrogen (secondary N) is 2. The maximum Gasteiger partial charge on any atom is 0.270 e. The van der Waals surface area contributed by atoms with Crippen molar-refractivity contribution in [1.29, 1.82) is 0 Å². The monoisotopic (exact) mass is 429 g/mol. The Labute approximate surface area is 180 Å². The van der Waals surface area contributed by atoms with Crippen molar-refractivity contribution in [3.63, 3.8) is 0 Å². The Hall–Kier alpha value is -4.47. The highest BCUT2D eigenvalue weighted by molar-refractivity contribution is 5.93. The Morgan fingerprint density at radius 1 is 1.09 bits per heavy atom. The number of pyridine rings is 1. The third-order valence-corrected chi connectivity index (χ3v) is 4.80. The van der Waals surface area contributed by atoms with Gasteiger partial charge in [0, 0.05) is 24.0 Å². The van der Waals surface area contributed by atoms with Crippen LogP contribution in [0, 0.1) is 0 Å². The van der Waals surface area contributed by atoms with Crippen molar-refractivity contribution < 1.29 is 13.7 Å². The number of imidazole rings is 1. The van der Waals surface area contributed by atoms with Crippen molar-refractivity contribution in [2.75, 3.05) is 0 Å². The molecule has 0 bridgehead atoms. The lowest BCUT2D eigenvalue weighted by Gasteiger charge is -2.04. The second-order valence-corrected chi connectivity index (χ2v) is 6.96. The molecule has 5 aromatic rings. The van der Waals surface area contributed by atoms with Gasteiger partial charge in [0.1, 0.15) is 24.4 Å². The van der Waals surface area contributed by atoms with Crippen LogP contribution in [0.3, 0.4) is 0 Å². The van der Waals surface area contributed by atoms with E-state index in [1.807, 2.05) is 0 Å². The van der Waals surface area contributed by atoms with E-state index in [9.17, 15) is 9.18 Å². The largest absolute Gasteiger partial charge is 0.353 e. The minimum absolute atomic E-state index is 0.142. The van der Waals surface area contributed by atoms with Gasteiger partial charge in [0.05, 0.1) is 23.3 Å². The van der Waals surface area contributed by atoms with Gasteiger partial charge in [0.15, 0.2) is 5.82 Å². The lowest BCUT2D eigenvalue weighted by molar-refractivity contribution is 0.0945. The quantitative estimate of drug-likeness (QED) is 0.424. The number of halogens is 1. The molecular weight excluding hydrogens is 413 g/mol. The summed E-state index contributed by atoms with van der Waals surface area (Å²) in [5.41, 5.74) is 4.16. The summed E-state index contributed by atoms with van der Waals surface area (Å²) in [7, 11) is 0. The molecule has 0 radical (unpaired) electrons. The van der Waals surface area contributed by atoms with Gasteiger partial charge in [-0.15, -0.1) is 0 Å². The molecular formula is C22H16FN7O2. The molecule has 0 fully saturated rings. The number of amides is 1. The number of nitrogens with zero attached hydrogens (tertiary/aromatic N) is 5. The van der Waals surface area contributed by atoms with Crippen LogP contribution in [-0.4, -0.2) is 36.0 Å². The molecule has 10 heteroatoms. The number of aromatic amines is 1. The summed E-state index contributed by atoms with van der Waals surface area (Å²) in [5, 5.41) is 6.74. The van der Waals surface area contributed by atoms with E-state index in [2.05, 4.69) is 35.4 Å². The summed E-state index contributed by atoms with van der Waals surface area (Å²) in [4.78, 5) is 32.3. The second kappa shape index (κ2) is 8.34. The van der Waals surface area contributed by atoms with Crippen molar-refractivity contribution in [3.05, 3.63) is 78.1 Å². The Morgan fingerprint density at radius 2 is 1.97 bits per heavy atom. The highest BCUT2D eigenvalue weighted by Crippen LogP contribution is 2.22. The van der Waals surface area contributed by atoms with Crippen molar-refractivity contribution >= 4 is 16.9 Å². The number of alkyl halides is 1. The predicted octanol–water partition coefficient (Wildman–Crippen LogP) is 3.47. The number of aromatic nitrogens is 6. The third-order valence-electron chi connectivity index (χ3n) is 4.80. The summed E-state index contributed by atoms with van der Waals surface area (Å²) in [6.45, 7) is -0.407. The Bertz CT molecular complexity index is 1400.